The van der Waals surface area contributed by atoms with Crippen molar-refractivity contribution in [2.24, 2.45) is 0 Å². The first-order valence-electron chi connectivity index (χ1n) is 8.33. The normalized spacial score (nSPS) is 7.76. The standard InChI is InChI=1S/S51/c1-3-5-7-9-11-13-15-17-19-21-23-25-27-29-31-33-35-37-39-41-43-45-47-49-51-50-48-46-44-42-40-38-36-34-32-30-28-26-24-22-20-18-16-14-12-10-8-6-4-2. The van der Waals surface area contributed by atoms with Crippen molar-refractivity contribution >= 4 is 458 Å². The number of hydrogen-bond donors (Lipinski definition) is 0. The summed E-state index contributed by atoms with van der Waals surface area (Å²) in [5.41, 5.74) is 0. The van der Waals surface area contributed by atoms with Gasteiger partial charge in [-0.05, 0) is 0 Å². The molecule has 0 unspecified atom stereocenters. The SMILES string of the molecule is S=S=S=S=S=S=S=S=S=S=S=S=S=S=S=S=S=S=S=S=S=S=S=S=S=S=S=S=S=S=S=S=S=S=S=S=S=S=S=S=S=S=S=S=S=S=S=S=S=S=S. The third kappa shape index (κ3) is 61.2. The average Bonchev–Trinajstić information content (AvgIpc) is 3.14. The highest BCUT2D eigenvalue weighted by Crippen LogP contribution is 1.45. The van der Waals surface area contributed by atoms with E-state index in [0.717, 1.165) is 0 Å². The van der Waals surface area contributed by atoms with Gasteiger partial charge in [0.25, 0.3) is 0 Å². The van der Waals surface area contributed by atoms with Crippen molar-refractivity contribution < 1.29 is 0 Å². The molecule has 0 amide bonds. The lowest BCUT2D eigenvalue weighted by Crippen LogP contribution is -1.41. The maximum Gasteiger partial charge on any atom is 0 e. The lowest BCUT2D eigenvalue weighted by molar-refractivity contribution is 5.95. The monoisotopic (exact) mass is 1630 g/mol. The fourth-order valence-electron chi connectivity index (χ4n) is 0.533. The molecule has 0 aliphatic carbocycles. The van der Waals surface area contributed by atoms with Crippen LogP contribution < -0.4 is 0 Å². The van der Waals surface area contributed by atoms with Crippen molar-refractivity contribution in [1.82, 2.24) is 0 Å². The molecule has 0 saturated carbocycles. The molecule has 0 spiro atoms. The molecule has 0 heterocycles. The van der Waals surface area contributed by atoms with Gasteiger partial charge in [0.05, 0.1) is 0 Å². The van der Waals surface area contributed by atoms with Crippen LogP contribution in [0.25, 0.3) is 0 Å². The van der Waals surface area contributed by atoms with Gasteiger partial charge in [-0.3, -0.25) is 0 Å². The Labute approximate surface area is 443 Å². The minimum atomic E-state index is 1.37. The van der Waals surface area contributed by atoms with Crippen LogP contribution in [0, 0.1) is 0 Å². The van der Waals surface area contributed by atoms with Crippen LogP contribution in [0.4, 0.5) is 0 Å². The van der Waals surface area contributed by atoms with Gasteiger partial charge >= 0.3 is 0 Å². The zero-order valence-corrected chi connectivity index (χ0v) is 62.5. The summed E-state index contributed by atoms with van der Waals surface area (Å²) in [6.45, 7) is 0. The second-order valence-electron chi connectivity index (χ2n) is 3.33. The van der Waals surface area contributed by atoms with Gasteiger partial charge in [0.1, 0.15) is 0 Å². The average molecular weight is 1640 g/mol. The maximum absolute atomic E-state index is 4.81. The van der Waals surface area contributed by atoms with Gasteiger partial charge in [0.2, 0.25) is 0 Å². The van der Waals surface area contributed by atoms with Gasteiger partial charge in [-0.2, -0.15) is 0 Å². The van der Waals surface area contributed by atoms with E-state index in [9.17, 15) is 0 Å². The van der Waals surface area contributed by atoms with Crippen molar-refractivity contribution in [2.75, 3.05) is 0 Å². The van der Waals surface area contributed by atoms with E-state index in [-0.39, 0.29) is 0 Å². The van der Waals surface area contributed by atoms with Crippen LogP contribution in [0.2, 0.25) is 0 Å². The second kappa shape index (κ2) is 61.2. The molecule has 51 heteroatoms. The lowest BCUT2D eigenvalue weighted by atomic mass is 30.7. The van der Waals surface area contributed by atoms with E-state index in [1.165, 1.54) is 17.8 Å². The van der Waals surface area contributed by atoms with E-state index in [2.05, 4.69) is 0 Å². The molecule has 51 heavy (non-hydrogen) atoms. The Morgan fingerprint density at radius 3 is 0.216 bits per heavy atom. The summed E-state index contributed by atoms with van der Waals surface area (Å²) in [5, 5.41) is 0. The van der Waals surface area contributed by atoms with E-state index in [1.807, 2.05) is 311 Å². The minimum Gasteiger partial charge on any atom is 0 e. The highest BCUT2D eigenvalue weighted by atomic mass is 33.5. The van der Waals surface area contributed by atoms with E-state index in [1.54, 1.807) is 107 Å². The van der Waals surface area contributed by atoms with E-state index in [4.69, 9.17) is 22.4 Å². The summed E-state index contributed by atoms with van der Waals surface area (Å²) in [4.78, 5) is 0. The molecule has 0 aromatic rings. The summed E-state index contributed by atoms with van der Waals surface area (Å²) < 4.78 is 0. The fraction of sp³-hybridized carbons (Fsp3) is 0. The molecule has 0 aliphatic rings. The Morgan fingerprint density at radius 1 is 0.0980 bits per heavy atom. The third-order valence-corrected chi connectivity index (χ3v) is 108. The molecule has 0 nitrogen and oxygen atoms in total. The molecule has 0 bridgehead atoms. The molecule has 0 aromatic carbocycles. The van der Waals surface area contributed by atoms with Crippen LogP contribution >= 0.6 is 0 Å². The molecular formula is S51. The third-order valence-electron chi connectivity index (χ3n) is 1.33. The zero-order valence-electron chi connectivity index (χ0n) is 20.8. The number of rotatable bonds is 0. The molecule has 0 radical (unpaired) electrons. The second-order valence-corrected chi connectivity index (χ2v) is 90.0. The predicted octanol–water partition coefficient (Wildman–Crippen LogP) is -0.122. The summed E-state index contributed by atoms with van der Waals surface area (Å²) in [5.74, 6) is 0. The highest BCUT2D eigenvalue weighted by Gasteiger charge is 1.46. The molecule has 0 N–H and O–H groups in total. The molecular weight excluding hydrogens is 1640 g/mol. The van der Waals surface area contributed by atoms with Gasteiger partial charge in [0.15, 0.2) is 0 Å². The topological polar surface area (TPSA) is 0 Å². The number of hydrogen-bond acceptors (Lipinski definition) is 2. The Hall–Kier alpha value is 11.2. The first-order valence-corrected chi connectivity index (χ1v) is 75.0. The van der Waals surface area contributed by atoms with Crippen LogP contribution in [-0.2, 0) is 458 Å². The van der Waals surface area contributed by atoms with Crippen molar-refractivity contribution in [3.8, 4) is 0 Å². The Bertz CT molecular complexity index is 3270. The first kappa shape index (κ1) is 62.2. The predicted molar refractivity (Wildman–Crippen MR) is 376 cm³/mol. The Kier molecular flexibility index (Phi) is 74.7. The molecule has 0 saturated heterocycles. The van der Waals surface area contributed by atoms with Gasteiger partial charge in [-0.1, -0.05) is 0 Å². The quantitative estimate of drug-likeness (QED) is 0.333. The maximum atomic E-state index is 4.81. The largest absolute Gasteiger partial charge is 0 e. The van der Waals surface area contributed by atoms with Crippen LogP contribution in [-0.4, -0.2) is 0 Å². The van der Waals surface area contributed by atoms with Crippen molar-refractivity contribution in [1.29, 1.82) is 0 Å². The van der Waals surface area contributed by atoms with Crippen LogP contribution in [0.3, 0.4) is 0 Å². The minimum absolute atomic E-state index is 1.37. The summed E-state index contributed by atoms with van der Waals surface area (Å²) in [6, 6.07) is 0. The molecule has 306 valence electrons. The summed E-state index contributed by atoms with van der Waals surface area (Å²) in [7, 11) is 87.5. The summed E-state index contributed by atoms with van der Waals surface area (Å²) >= 11 is 9.63. The van der Waals surface area contributed by atoms with E-state index >= 15 is 0 Å². The highest BCUT2D eigenvalue weighted by molar-refractivity contribution is 8.82. The first-order chi connectivity index (χ1) is 25.4. The molecule has 0 aliphatic heterocycles. The van der Waals surface area contributed by atoms with Crippen molar-refractivity contribution in [3.63, 3.8) is 0 Å². The van der Waals surface area contributed by atoms with Crippen LogP contribution in [0.1, 0.15) is 0 Å². The van der Waals surface area contributed by atoms with Gasteiger partial charge < -0.3 is 0 Å². The van der Waals surface area contributed by atoms with Crippen molar-refractivity contribution in [3.05, 3.63) is 0 Å². The van der Waals surface area contributed by atoms with Crippen molar-refractivity contribution in [2.45, 2.75) is 0 Å². The molecule has 0 fully saturated rings. The van der Waals surface area contributed by atoms with Gasteiger partial charge in [-0.15, -0.1) is 0 Å². The Morgan fingerprint density at radius 2 is 0.157 bits per heavy atom. The van der Waals surface area contributed by atoms with Crippen LogP contribution in [0.15, 0.2) is 0 Å². The molecule has 0 rings (SSSR count). The zero-order chi connectivity index (χ0) is 36.6. The lowest BCUT2D eigenvalue weighted by Gasteiger charge is -1.41. The molecule has 0 aromatic heterocycles. The van der Waals surface area contributed by atoms with E-state index < -0.39 is 0 Å². The fourth-order valence-corrected chi connectivity index (χ4v) is 130. The van der Waals surface area contributed by atoms with Gasteiger partial charge in [-0.25, -0.2) is 0 Å². The molecule has 0 atom stereocenters. The smallest absolute Gasteiger partial charge is 0 e. The van der Waals surface area contributed by atoms with Gasteiger partial charge in [0, 0.05) is 458 Å². The van der Waals surface area contributed by atoms with Crippen LogP contribution in [0.5, 0.6) is 0 Å². The summed E-state index contributed by atoms with van der Waals surface area (Å²) in [6.07, 6.45) is 0. The Balaban J connectivity index is 6.08. The van der Waals surface area contributed by atoms with E-state index in [0.29, 0.717) is 0 Å².